The number of benzene rings is 3. The van der Waals surface area contributed by atoms with Crippen LogP contribution in [0, 0.1) is 0 Å². The van der Waals surface area contributed by atoms with Crippen molar-refractivity contribution in [3.63, 3.8) is 0 Å². The Balaban J connectivity index is 1.91. The van der Waals surface area contributed by atoms with Gasteiger partial charge in [-0.25, -0.2) is 8.42 Å². The van der Waals surface area contributed by atoms with E-state index in [1.807, 2.05) is 0 Å². The van der Waals surface area contributed by atoms with E-state index in [2.05, 4.69) is 21.2 Å². The molecule has 3 aromatic carbocycles. The fraction of sp³-hybridized carbons (Fsp3) is 0.136. The van der Waals surface area contributed by atoms with Crippen LogP contribution in [0.5, 0.6) is 5.75 Å². The molecule has 0 aromatic heterocycles. The Morgan fingerprint density at radius 2 is 1.75 bits per heavy atom. The van der Waals surface area contributed by atoms with Gasteiger partial charge in [0.2, 0.25) is 10.0 Å². The molecular formula is C22H19BrCl2N2O4S. The van der Waals surface area contributed by atoms with Crippen molar-refractivity contribution in [2.75, 3.05) is 22.9 Å². The molecule has 0 atom stereocenters. The molecule has 1 amide bonds. The molecule has 6 nitrogen and oxygen atoms in total. The fourth-order valence-corrected chi connectivity index (χ4v) is 3.90. The highest BCUT2D eigenvalue weighted by Gasteiger charge is 2.19. The number of halogens is 3. The maximum Gasteiger partial charge on any atom is 0.255 e. The largest absolute Gasteiger partial charge is 0.487 e. The molecule has 32 heavy (non-hydrogen) atoms. The first-order valence-corrected chi connectivity index (χ1v) is 12.7. The second-order valence-corrected chi connectivity index (χ2v) is 10.7. The molecule has 0 unspecified atom stereocenters. The highest BCUT2D eigenvalue weighted by atomic mass is 79.9. The molecule has 0 aliphatic rings. The van der Waals surface area contributed by atoms with Gasteiger partial charge in [-0.1, -0.05) is 39.1 Å². The van der Waals surface area contributed by atoms with Crippen LogP contribution in [0.25, 0.3) is 0 Å². The van der Waals surface area contributed by atoms with Crippen LogP contribution in [-0.4, -0.2) is 27.6 Å². The third kappa shape index (κ3) is 6.16. The summed E-state index contributed by atoms with van der Waals surface area (Å²) in [4.78, 5) is 12.6. The second-order valence-electron chi connectivity index (χ2n) is 6.90. The lowest BCUT2D eigenvalue weighted by molar-refractivity contribution is 0.102. The van der Waals surface area contributed by atoms with Gasteiger partial charge in [-0.3, -0.25) is 9.10 Å². The van der Waals surface area contributed by atoms with Crippen molar-refractivity contribution in [1.82, 2.24) is 0 Å². The smallest absolute Gasteiger partial charge is 0.255 e. The van der Waals surface area contributed by atoms with Gasteiger partial charge in [0.15, 0.2) is 0 Å². The number of sulfonamides is 1. The van der Waals surface area contributed by atoms with Crippen molar-refractivity contribution in [1.29, 1.82) is 0 Å². The number of anilines is 2. The zero-order chi connectivity index (χ0) is 23.5. The Bertz CT molecular complexity index is 1250. The van der Waals surface area contributed by atoms with Crippen LogP contribution in [-0.2, 0) is 16.6 Å². The Hall–Kier alpha value is -2.26. The lowest BCUT2D eigenvalue weighted by Crippen LogP contribution is -2.25. The molecular weight excluding hydrogens is 539 g/mol. The molecule has 0 aliphatic carbocycles. The van der Waals surface area contributed by atoms with Gasteiger partial charge in [0, 0.05) is 44.4 Å². The van der Waals surface area contributed by atoms with Crippen molar-refractivity contribution >= 4 is 66.4 Å². The van der Waals surface area contributed by atoms with Crippen molar-refractivity contribution in [2.24, 2.45) is 0 Å². The van der Waals surface area contributed by atoms with Gasteiger partial charge >= 0.3 is 0 Å². The van der Waals surface area contributed by atoms with E-state index in [0.717, 1.165) is 15.0 Å². The van der Waals surface area contributed by atoms with Crippen LogP contribution in [0.4, 0.5) is 11.4 Å². The fourth-order valence-electron chi connectivity index (χ4n) is 2.76. The van der Waals surface area contributed by atoms with Gasteiger partial charge in [0.1, 0.15) is 12.4 Å². The van der Waals surface area contributed by atoms with E-state index in [4.69, 9.17) is 27.9 Å². The number of carbonyl (C=O) groups is 1. The molecule has 0 aliphatic heterocycles. The third-order valence-electron chi connectivity index (χ3n) is 4.55. The molecule has 10 heteroatoms. The number of nitrogens with one attached hydrogen (secondary N) is 1. The number of hydrogen-bond donors (Lipinski definition) is 1. The number of hydrogen-bond acceptors (Lipinski definition) is 4. The standard InChI is InChI=1S/C22H19BrCl2N2O4S/c1-27(32(2,29)30)20-10-8-18(26-22(28)14-3-5-16(23)6-4-14)12-21(20)31-13-15-11-17(24)7-9-19(15)25/h3-12H,13H2,1-2H3,(H,26,28). The normalized spacial score (nSPS) is 11.2. The molecule has 168 valence electrons. The summed E-state index contributed by atoms with van der Waals surface area (Å²) in [5.41, 5.74) is 1.86. The van der Waals surface area contributed by atoms with Gasteiger partial charge in [0.25, 0.3) is 5.91 Å². The summed E-state index contributed by atoms with van der Waals surface area (Å²) >= 11 is 15.6. The molecule has 0 spiro atoms. The zero-order valence-electron chi connectivity index (χ0n) is 17.1. The Morgan fingerprint density at radius 3 is 2.41 bits per heavy atom. The second kappa shape index (κ2) is 10.1. The minimum atomic E-state index is -3.54. The van der Waals surface area contributed by atoms with E-state index >= 15 is 0 Å². The van der Waals surface area contributed by atoms with Gasteiger partial charge in [0.05, 0.1) is 11.9 Å². The minimum Gasteiger partial charge on any atom is -0.487 e. The molecule has 0 fully saturated rings. The third-order valence-corrected chi connectivity index (χ3v) is 6.88. The maximum absolute atomic E-state index is 12.6. The van der Waals surface area contributed by atoms with Gasteiger partial charge in [-0.15, -0.1) is 0 Å². The first kappa shape index (κ1) is 24.4. The number of carbonyl (C=O) groups excluding carboxylic acids is 1. The Kier molecular flexibility index (Phi) is 7.71. The number of ether oxygens (including phenoxy) is 1. The quantitative estimate of drug-likeness (QED) is 0.387. The summed E-state index contributed by atoms with van der Waals surface area (Å²) in [6.07, 6.45) is 1.09. The van der Waals surface area contributed by atoms with Crippen molar-refractivity contribution < 1.29 is 17.9 Å². The molecule has 0 heterocycles. The van der Waals surface area contributed by atoms with E-state index in [-0.39, 0.29) is 18.3 Å². The Labute approximate surface area is 205 Å². The van der Waals surface area contributed by atoms with Crippen LogP contribution in [0.2, 0.25) is 10.0 Å². The average molecular weight is 558 g/mol. The predicted octanol–water partition coefficient (Wildman–Crippen LogP) is 5.98. The van der Waals surface area contributed by atoms with Crippen LogP contribution in [0.15, 0.2) is 65.1 Å². The number of nitrogens with zero attached hydrogens (tertiary/aromatic N) is 1. The van der Waals surface area contributed by atoms with Crippen LogP contribution in [0.1, 0.15) is 15.9 Å². The predicted molar refractivity (Wildman–Crippen MR) is 133 cm³/mol. The van der Waals surface area contributed by atoms with E-state index in [1.54, 1.807) is 60.7 Å². The highest BCUT2D eigenvalue weighted by Crippen LogP contribution is 2.34. The van der Waals surface area contributed by atoms with Crippen LogP contribution >= 0.6 is 39.1 Å². The summed E-state index contributed by atoms with van der Waals surface area (Å²) < 4.78 is 32.1. The zero-order valence-corrected chi connectivity index (χ0v) is 21.0. The topological polar surface area (TPSA) is 75.7 Å². The molecule has 1 N–H and O–H groups in total. The molecule has 0 bridgehead atoms. The molecule has 0 saturated carbocycles. The van der Waals surface area contributed by atoms with Gasteiger partial charge in [-0.2, -0.15) is 0 Å². The molecule has 3 aromatic rings. The lowest BCUT2D eigenvalue weighted by Gasteiger charge is -2.21. The minimum absolute atomic E-state index is 0.0497. The number of rotatable bonds is 7. The van der Waals surface area contributed by atoms with Crippen molar-refractivity contribution in [3.8, 4) is 5.75 Å². The highest BCUT2D eigenvalue weighted by molar-refractivity contribution is 9.10. The van der Waals surface area contributed by atoms with E-state index in [9.17, 15) is 13.2 Å². The van der Waals surface area contributed by atoms with E-state index in [0.29, 0.717) is 32.5 Å². The van der Waals surface area contributed by atoms with E-state index in [1.165, 1.54) is 7.05 Å². The maximum atomic E-state index is 12.6. The first-order chi connectivity index (χ1) is 15.0. The summed E-state index contributed by atoms with van der Waals surface area (Å²) in [7, 11) is -2.12. The molecule has 0 saturated heterocycles. The summed E-state index contributed by atoms with van der Waals surface area (Å²) in [6.45, 7) is 0.0497. The lowest BCUT2D eigenvalue weighted by atomic mass is 10.2. The average Bonchev–Trinajstić information content (AvgIpc) is 2.74. The van der Waals surface area contributed by atoms with Gasteiger partial charge in [-0.05, 0) is 54.6 Å². The van der Waals surface area contributed by atoms with Crippen LogP contribution < -0.4 is 14.4 Å². The van der Waals surface area contributed by atoms with Crippen LogP contribution in [0.3, 0.4) is 0 Å². The molecule has 0 radical (unpaired) electrons. The van der Waals surface area contributed by atoms with Crippen molar-refractivity contribution in [3.05, 3.63) is 86.3 Å². The summed E-state index contributed by atoms with van der Waals surface area (Å²) in [5, 5.41) is 3.75. The molecule has 3 rings (SSSR count). The van der Waals surface area contributed by atoms with Gasteiger partial charge < -0.3 is 10.1 Å². The summed E-state index contributed by atoms with van der Waals surface area (Å²) in [6, 6.07) is 16.6. The SMILES string of the molecule is CN(c1ccc(NC(=O)c2ccc(Br)cc2)cc1OCc1cc(Cl)ccc1Cl)S(C)(=O)=O. The van der Waals surface area contributed by atoms with E-state index < -0.39 is 10.0 Å². The monoisotopic (exact) mass is 556 g/mol. The summed E-state index contributed by atoms with van der Waals surface area (Å²) in [5.74, 6) is -0.0619. The number of amides is 1. The first-order valence-electron chi connectivity index (χ1n) is 9.26. The Morgan fingerprint density at radius 1 is 1.06 bits per heavy atom. The van der Waals surface area contributed by atoms with Crippen molar-refractivity contribution in [2.45, 2.75) is 6.61 Å².